The highest BCUT2D eigenvalue weighted by atomic mass is 32.1. The molecule has 1 heterocycles. The molecule has 16 heavy (non-hydrogen) atoms. The summed E-state index contributed by atoms with van der Waals surface area (Å²) in [5.41, 5.74) is 0. The molecule has 0 radical (unpaired) electrons. The predicted molar refractivity (Wildman–Crippen MR) is 76.2 cm³/mol. The number of nitrogens with zero attached hydrogens (tertiary/aromatic N) is 1. The maximum absolute atomic E-state index is 5.30. The lowest BCUT2D eigenvalue weighted by atomic mass is 10.3. The second kappa shape index (κ2) is 7.63. The molecule has 90 valence electrons. The van der Waals surface area contributed by atoms with Crippen LogP contribution in [0.1, 0.15) is 24.6 Å². The van der Waals surface area contributed by atoms with Gasteiger partial charge in [0.05, 0.1) is 0 Å². The molecule has 0 spiro atoms. The fourth-order valence-corrected chi connectivity index (χ4v) is 2.23. The third kappa shape index (κ3) is 4.94. The monoisotopic (exact) mass is 256 g/mol. The number of thiophene rings is 1. The van der Waals surface area contributed by atoms with Gasteiger partial charge in [0.25, 0.3) is 0 Å². The van der Waals surface area contributed by atoms with E-state index >= 15 is 0 Å². The Morgan fingerprint density at radius 2 is 2.38 bits per heavy atom. The Kier molecular flexibility index (Phi) is 6.42. The maximum atomic E-state index is 5.30. The third-order valence-corrected chi connectivity index (χ3v) is 3.82. The van der Waals surface area contributed by atoms with Gasteiger partial charge in [-0.1, -0.05) is 19.4 Å². The van der Waals surface area contributed by atoms with Crippen LogP contribution in [0, 0.1) is 0 Å². The number of hydrogen-bond donors (Lipinski definition) is 1. The van der Waals surface area contributed by atoms with Crippen LogP contribution in [-0.2, 0) is 6.42 Å². The Hall–Kier alpha value is -0.610. The lowest BCUT2D eigenvalue weighted by Crippen LogP contribution is -2.38. The molecule has 1 aromatic heterocycles. The van der Waals surface area contributed by atoms with E-state index in [9.17, 15) is 0 Å². The standard InChI is InChI=1S/C12H20N2S2/c1-3-4-8-13-12(15)14(2)9-7-11-6-5-10-16-11/h5-6,10H,3-4,7-9H2,1-2H3,(H,13,15). The highest BCUT2D eigenvalue weighted by Gasteiger charge is 2.03. The van der Waals surface area contributed by atoms with Gasteiger partial charge in [0, 0.05) is 25.0 Å². The first-order valence-corrected chi connectivity index (χ1v) is 7.04. The van der Waals surface area contributed by atoms with Crippen molar-refractivity contribution in [2.75, 3.05) is 20.1 Å². The van der Waals surface area contributed by atoms with Crippen LogP contribution in [0.25, 0.3) is 0 Å². The lowest BCUT2D eigenvalue weighted by Gasteiger charge is -2.20. The summed E-state index contributed by atoms with van der Waals surface area (Å²) >= 11 is 7.11. The number of likely N-dealkylation sites (N-methyl/N-ethyl adjacent to an activating group) is 1. The van der Waals surface area contributed by atoms with Crippen molar-refractivity contribution in [1.29, 1.82) is 0 Å². The van der Waals surface area contributed by atoms with Crippen LogP contribution in [0.15, 0.2) is 17.5 Å². The minimum Gasteiger partial charge on any atom is -0.363 e. The number of nitrogens with one attached hydrogen (secondary N) is 1. The van der Waals surface area contributed by atoms with E-state index in [2.05, 4.69) is 41.7 Å². The van der Waals surface area contributed by atoms with Gasteiger partial charge in [-0.05, 0) is 36.5 Å². The van der Waals surface area contributed by atoms with Crippen molar-refractivity contribution in [3.63, 3.8) is 0 Å². The molecule has 0 amide bonds. The van der Waals surface area contributed by atoms with Crippen LogP contribution in [0.2, 0.25) is 0 Å². The van der Waals surface area contributed by atoms with Gasteiger partial charge < -0.3 is 10.2 Å². The van der Waals surface area contributed by atoms with Gasteiger partial charge in [0.2, 0.25) is 0 Å². The molecule has 0 aromatic carbocycles. The third-order valence-electron chi connectivity index (χ3n) is 2.43. The minimum atomic E-state index is 0.866. The maximum Gasteiger partial charge on any atom is 0.168 e. The van der Waals surface area contributed by atoms with Crippen molar-refractivity contribution < 1.29 is 0 Å². The number of thiocarbonyl (C=S) groups is 1. The predicted octanol–water partition coefficient (Wildman–Crippen LogP) is 2.90. The van der Waals surface area contributed by atoms with Crippen molar-refractivity contribution in [3.8, 4) is 0 Å². The minimum absolute atomic E-state index is 0.866. The Morgan fingerprint density at radius 3 is 3.00 bits per heavy atom. The fraction of sp³-hybridized carbons (Fsp3) is 0.583. The fourth-order valence-electron chi connectivity index (χ4n) is 1.34. The van der Waals surface area contributed by atoms with E-state index < -0.39 is 0 Å². The second-order valence-electron chi connectivity index (χ2n) is 3.84. The summed E-state index contributed by atoms with van der Waals surface area (Å²) in [6.45, 7) is 4.16. The Labute approximate surface area is 108 Å². The van der Waals surface area contributed by atoms with Gasteiger partial charge in [-0.2, -0.15) is 0 Å². The van der Waals surface area contributed by atoms with Crippen LogP contribution in [-0.4, -0.2) is 30.1 Å². The highest BCUT2D eigenvalue weighted by molar-refractivity contribution is 7.80. The first kappa shape index (κ1) is 13.5. The Bertz CT molecular complexity index is 296. The van der Waals surface area contributed by atoms with E-state index in [0.717, 1.165) is 24.6 Å². The molecule has 1 N–H and O–H groups in total. The summed E-state index contributed by atoms with van der Waals surface area (Å²) in [6.07, 6.45) is 3.46. The summed E-state index contributed by atoms with van der Waals surface area (Å²) in [4.78, 5) is 3.54. The van der Waals surface area contributed by atoms with E-state index in [0.29, 0.717) is 0 Å². The molecule has 0 bridgehead atoms. The molecule has 2 nitrogen and oxygen atoms in total. The average Bonchev–Trinajstić information content (AvgIpc) is 2.79. The van der Waals surface area contributed by atoms with Crippen molar-refractivity contribution in [2.24, 2.45) is 0 Å². The van der Waals surface area contributed by atoms with Crippen LogP contribution >= 0.6 is 23.6 Å². The molecule has 0 fully saturated rings. The second-order valence-corrected chi connectivity index (χ2v) is 5.26. The smallest absolute Gasteiger partial charge is 0.168 e. The number of unbranched alkanes of at least 4 members (excludes halogenated alkanes) is 1. The summed E-state index contributed by atoms with van der Waals surface area (Å²) in [5, 5.41) is 6.26. The zero-order valence-corrected chi connectivity index (χ0v) is 11.7. The molecular weight excluding hydrogens is 236 g/mol. The van der Waals surface area contributed by atoms with E-state index in [1.54, 1.807) is 0 Å². The normalized spacial score (nSPS) is 10.1. The quantitative estimate of drug-likeness (QED) is 0.622. The largest absolute Gasteiger partial charge is 0.363 e. The lowest BCUT2D eigenvalue weighted by molar-refractivity contribution is 0.497. The molecule has 0 aliphatic heterocycles. The Balaban J connectivity index is 2.18. The SMILES string of the molecule is CCCCNC(=S)N(C)CCc1cccs1. The summed E-state index contributed by atoms with van der Waals surface area (Å²) < 4.78 is 0. The molecule has 0 unspecified atom stereocenters. The molecule has 1 rings (SSSR count). The zero-order valence-electron chi connectivity index (χ0n) is 10.0. The first-order valence-electron chi connectivity index (χ1n) is 5.75. The van der Waals surface area contributed by atoms with Gasteiger partial charge in [-0.3, -0.25) is 0 Å². The van der Waals surface area contributed by atoms with Crippen molar-refractivity contribution in [2.45, 2.75) is 26.2 Å². The molecule has 0 atom stereocenters. The zero-order chi connectivity index (χ0) is 11.8. The highest BCUT2D eigenvalue weighted by Crippen LogP contribution is 2.09. The van der Waals surface area contributed by atoms with Gasteiger partial charge in [-0.15, -0.1) is 11.3 Å². The van der Waals surface area contributed by atoms with Crippen molar-refractivity contribution >= 4 is 28.7 Å². The van der Waals surface area contributed by atoms with Crippen LogP contribution in [0.3, 0.4) is 0 Å². The molecule has 4 heteroatoms. The van der Waals surface area contributed by atoms with Gasteiger partial charge in [0.15, 0.2) is 5.11 Å². The summed E-state index contributed by atoms with van der Waals surface area (Å²) in [7, 11) is 2.05. The summed E-state index contributed by atoms with van der Waals surface area (Å²) in [5.74, 6) is 0. The number of hydrogen-bond acceptors (Lipinski definition) is 2. The van der Waals surface area contributed by atoms with E-state index in [-0.39, 0.29) is 0 Å². The van der Waals surface area contributed by atoms with Gasteiger partial charge in [-0.25, -0.2) is 0 Å². The molecule has 0 aliphatic carbocycles. The first-order chi connectivity index (χ1) is 7.74. The topological polar surface area (TPSA) is 15.3 Å². The van der Waals surface area contributed by atoms with E-state index in [1.807, 2.05) is 11.3 Å². The van der Waals surface area contributed by atoms with Gasteiger partial charge >= 0.3 is 0 Å². The molecule has 0 saturated heterocycles. The summed E-state index contributed by atoms with van der Waals surface area (Å²) in [6, 6.07) is 4.27. The van der Waals surface area contributed by atoms with Crippen LogP contribution < -0.4 is 5.32 Å². The van der Waals surface area contributed by atoms with E-state index in [4.69, 9.17) is 12.2 Å². The van der Waals surface area contributed by atoms with Crippen molar-refractivity contribution in [1.82, 2.24) is 10.2 Å². The molecule has 1 aromatic rings. The van der Waals surface area contributed by atoms with Crippen molar-refractivity contribution in [3.05, 3.63) is 22.4 Å². The molecular formula is C12H20N2S2. The molecule has 0 saturated carbocycles. The Morgan fingerprint density at radius 1 is 1.56 bits per heavy atom. The average molecular weight is 256 g/mol. The van der Waals surface area contributed by atoms with Crippen LogP contribution in [0.5, 0.6) is 0 Å². The number of rotatable bonds is 6. The van der Waals surface area contributed by atoms with Crippen LogP contribution in [0.4, 0.5) is 0 Å². The van der Waals surface area contributed by atoms with Gasteiger partial charge in [0.1, 0.15) is 0 Å². The van der Waals surface area contributed by atoms with E-state index in [1.165, 1.54) is 17.7 Å². The molecule has 0 aliphatic rings.